The van der Waals surface area contributed by atoms with Crippen molar-refractivity contribution in [1.29, 1.82) is 0 Å². The highest BCUT2D eigenvalue weighted by Crippen LogP contribution is 2.21. The molecule has 1 heterocycles. The van der Waals surface area contributed by atoms with Crippen LogP contribution in [0.15, 0.2) is 30.3 Å². The fourth-order valence-corrected chi connectivity index (χ4v) is 2.98. The summed E-state index contributed by atoms with van der Waals surface area (Å²) in [5.74, 6) is 0.0682. The Morgan fingerprint density at radius 3 is 2.43 bits per heavy atom. The predicted molar refractivity (Wildman–Crippen MR) is 93.6 cm³/mol. The van der Waals surface area contributed by atoms with E-state index in [0.29, 0.717) is 11.6 Å². The van der Waals surface area contributed by atoms with Crippen LogP contribution < -0.4 is 5.32 Å². The summed E-state index contributed by atoms with van der Waals surface area (Å²) in [5.41, 5.74) is 4.27. The van der Waals surface area contributed by atoms with Gasteiger partial charge < -0.3 is 9.88 Å². The van der Waals surface area contributed by atoms with Gasteiger partial charge in [-0.2, -0.15) is 0 Å². The molecule has 122 valence electrons. The Balaban J connectivity index is 2.13. The molecule has 4 nitrogen and oxygen atoms in total. The molecule has 0 aliphatic heterocycles. The van der Waals surface area contributed by atoms with Gasteiger partial charge in [0.2, 0.25) is 0 Å². The highest BCUT2D eigenvalue weighted by Gasteiger charge is 2.16. The maximum atomic E-state index is 12.5. The van der Waals surface area contributed by atoms with Crippen LogP contribution in [-0.4, -0.2) is 22.7 Å². The topological polar surface area (TPSA) is 51.1 Å². The molecule has 2 rings (SSSR count). The quantitative estimate of drug-likeness (QED) is 0.814. The number of nitrogens with zero attached hydrogens (tertiary/aromatic N) is 1. The normalized spacial score (nSPS) is 10.9. The number of hydrogen-bond donors (Lipinski definition) is 1. The Morgan fingerprint density at radius 2 is 1.87 bits per heavy atom. The van der Waals surface area contributed by atoms with Gasteiger partial charge in [0.25, 0.3) is 0 Å². The van der Waals surface area contributed by atoms with E-state index in [4.69, 9.17) is 0 Å². The molecule has 1 N–H and O–H groups in total. The molecule has 2 aromatic rings. The van der Waals surface area contributed by atoms with Gasteiger partial charge in [-0.25, -0.2) is 0 Å². The lowest BCUT2D eigenvalue weighted by Gasteiger charge is -2.13. The zero-order valence-electron chi connectivity index (χ0n) is 14.4. The van der Waals surface area contributed by atoms with Gasteiger partial charge in [-0.3, -0.25) is 9.59 Å². The first kappa shape index (κ1) is 17.0. The van der Waals surface area contributed by atoms with Crippen molar-refractivity contribution >= 4 is 17.3 Å². The third kappa shape index (κ3) is 3.70. The first-order chi connectivity index (χ1) is 10.8. The summed E-state index contributed by atoms with van der Waals surface area (Å²) >= 11 is 0. The number of benzene rings is 1. The van der Waals surface area contributed by atoms with Crippen LogP contribution >= 0.6 is 0 Å². The largest absolute Gasteiger partial charge is 0.378 e. The smallest absolute Gasteiger partial charge is 0.183 e. The van der Waals surface area contributed by atoms with Crippen LogP contribution in [0.5, 0.6) is 0 Å². The number of carbonyl (C=O) groups is 2. The van der Waals surface area contributed by atoms with E-state index in [1.807, 2.05) is 32.0 Å². The van der Waals surface area contributed by atoms with Crippen molar-refractivity contribution in [2.45, 2.75) is 40.7 Å². The standard InChI is InChI=1S/C19H24N2O2/c1-12(2)21-13(3)9-18(14(21)4)19(23)11-20-17-8-6-7-16(10-17)15(5)22/h6-10,12,20H,11H2,1-5H3. The SMILES string of the molecule is CC(=O)c1cccc(NCC(=O)c2cc(C)n(C(C)C)c2C)c1. The summed E-state index contributed by atoms with van der Waals surface area (Å²) in [4.78, 5) is 23.9. The number of nitrogens with one attached hydrogen (secondary N) is 1. The second kappa shape index (κ2) is 6.82. The van der Waals surface area contributed by atoms with Gasteiger partial charge in [-0.15, -0.1) is 0 Å². The molecular weight excluding hydrogens is 288 g/mol. The number of anilines is 1. The molecule has 0 amide bonds. The minimum atomic E-state index is 0.0143. The van der Waals surface area contributed by atoms with E-state index in [0.717, 1.165) is 22.6 Å². The first-order valence-corrected chi connectivity index (χ1v) is 7.87. The van der Waals surface area contributed by atoms with Crippen molar-refractivity contribution < 1.29 is 9.59 Å². The monoisotopic (exact) mass is 312 g/mol. The van der Waals surface area contributed by atoms with E-state index < -0.39 is 0 Å². The predicted octanol–water partition coefficient (Wildman–Crippen LogP) is 4.18. The number of aromatic nitrogens is 1. The fourth-order valence-electron chi connectivity index (χ4n) is 2.98. The molecule has 0 saturated heterocycles. The van der Waals surface area contributed by atoms with E-state index in [2.05, 4.69) is 23.7 Å². The third-order valence-electron chi connectivity index (χ3n) is 4.02. The Labute approximate surface area is 137 Å². The van der Waals surface area contributed by atoms with Crippen LogP contribution in [0.3, 0.4) is 0 Å². The molecule has 0 unspecified atom stereocenters. The molecule has 0 spiro atoms. The summed E-state index contributed by atoms with van der Waals surface area (Å²) in [5, 5.41) is 3.11. The number of aryl methyl sites for hydroxylation is 1. The number of Topliss-reactive ketones (excluding diaryl/α,β-unsaturated/α-hetero) is 2. The third-order valence-corrected chi connectivity index (χ3v) is 4.02. The lowest BCUT2D eigenvalue weighted by molar-refractivity contribution is 0.100. The summed E-state index contributed by atoms with van der Waals surface area (Å²) in [7, 11) is 0. The summed E-state index contributed by atoms with van der Waals surface area (Å²) in [6, 6.07) is 9.49. The molecule has 23 heavy (non-hydrogen) atoms. The Bertz CT molecular complexity index is 742. The van der Waals surface area contributed by atoms with Gasteiger partial charge in [-0.05, 0) is 52.8 Å². The lowest BCUT2D eigenvalue weighted by Crippen LogP contribution is -2.15. The van der Waals surface area contributed by atoms with Gasteiger partial charge in [0, 0.05) is 34.2 Å². The van der Waals surface area contributed by atoms with Crippen LogP contribution in [-0.2, 0) is 0 Å². The number of carbonyl (C=O) groups excluding carboxylic acids is 2. The van der Waals surface area contributed by atoms with Crippen molar-refractivity contribution in [3.8, 4) is 0 Å². The number of ketones is 2. The molecule has 1 aromatic carbocycles. The van der Waals surface area contributed by atoms with Crippen LogP contribution in [0.25, 0.3) is 0 Å². The zero-order chi connectivity index (χ0) is 17.1. The van der Waals surface area contributed by atoms with Crippen molar-refractivity contribution in [2.75, 3.05) is 11.9 Å². The van der Waals surface area contributed by atoms with Crippen molar-refractivity contribution in [3.63, 3.8) is 0 Å². The Kier molecular flexibility index (Phi) is 5.04. The van der Waals surface area contributed by atoms with Crippen LogP contribution in [0, 0.1) is 13.8 Å². The van der Waals surface area contributed by atoms with Gasteiger partial charge >= 0.3 is 0 Å². The van der Waals surface area contributed by atoms with Crippen LogP contribution in [0.4, 0.5) is 5.69 Å². The van der Waals surface area contributed by atoms with Crippen molar-refractivity contribution in [3.05, 3.63) is 52.8 Å². The lowest BCUT2D eigenvalue weighted by atomic mass is 10.1. The van der Waals surface area contributed by atoms with E-state index >= 15 is 0 Å². The summed E-state index contributed by atoms with van der Waals surface area (Å²) in [6.07, 6.45) is 0. The van der Waals surface area contributed by atoms with E-state index in [-0.39, 0.29) is 18.1 Å². The van der Waals surface area contributed by atoms with Gasteiger partial charge in [-0.1, -0.05) is 12.1 Å². The molecule has 0 saturated carbocycles. The zero-order valence-corrected chi connectivity index (χ0v) is 14.4. The highest BCUT2D eigenvalue weighted by atomic mass is 16.1. The Hall–Kier alpha value is -2.36. The van der Waals surface area contributed by atoms with Crippen LogP contribution in [0.1, 0.15) is 58.9 Å². The maximum absolute atomic E-state index is 12.5. The summed E-state index contributed by atoms with van der Waals surface area (Å²) in [6.45, 7) is 9.97. The van der Waals surface area contributed by atoms with Gasteiger partial charge in [0.15, 0.2) is 11.6 Å². The minimum absolute atomic E-state index is 0.0143. The molecule has 1 aromatic heterocycles. The summed E-state index contributed by atoms with van der Waals surface area (Å²) < 4.78 is 2.17. The number of rotatable bonds is 6. The molecular formula is C19H24N2O2. The fraction of sp³-hybridized carbons (Fsp3) is 0.368. The molecule has 0 fully saturated rings. The second-order valence-electron chi connectivity index (χ2n) is 6.16. The molecule has 4 heteroatoms. The maximum Gasteiger partial charge on any atom is 0.183 e. The highest BCUT2D eigenvalue weighted by molar-refractivity contribution is 6.00. The average molecular weight is 312 g/mol. The second-order valence-corrected chi connectivity index (χ2v) is 6.16. The van der Waals surface area contributed by atoms with Gasteiger partial charge in [0.05, 0.1) is 6.54 Å². The molecule has 0 aliphatic rings. The Morgan fingerprint density at radius 1 is 1.17 bits per heavy atom. The molecule has 0 atom stereocenters. The van der Waals surface area contributed by atoms with Crippen molar-refractivity contribution in [1.82, 2.24) is 4.57 Å². The van der Waals surface area contributed by atoms with E-state index in [1.54, 1.807) is 12.1 Å². The molecule has 0 bridgehead atoms. The first-order valence-electron chi connectivity index (χ1n) is 7.87. The van der Waals surface area contributed by atoms with E-state index in [9.17, 15) is 9.59 Å². The van der Waals surface area contributed by atoms with Crippen molar-refractivity contribution in [2.24, 2.45) is 0 Å². The van der Waals surface area contributed by atoms with Crippen LogP contribution in [0.2, 0.25) is 0 Å². The average Bonchev–Trinajstić information content (AvgIpc) is 2.80. The van der Waals surface area contributed by atoms with Gasteiger partial charge in [0.1, 0.15) is 0 Å². The number of hydrogen-bond acceptors (Lipinski definition) is 3. The molecule has 0 aliphatic carbocycles. The van der Waals surface area contributed by atoms with E-state index in [1.165, 1.54) is 6.92 Å². The molecule has 0 radical (unpaired) electrons. The minimum Gasteiger partial charge on any atom is -0.378 e.